The zero-order chi connectivity index (χ0) is 37.3. The van der Waals surface area contributed by atoms with Gasteiger partial charge >= 0.3 is 5.97 Å². The first-order valence-electron chi connectivity index (χ1n) is 15.3. The predicted molar refractivity (Wildman–Crippen MR) is 180 cm³/mol. The second-order valence-electron chi connectivity index (χ2n) is 11.2. The van der Waals surface area contributed by atoms with Crippen molar-refractivity contribution in [3.63, 3.8) is 0 Å². The van der Waals surface area contributed by atoms with E-state index in [9.17, 15) is 40.0 Å². The van der Waals surface area contributed by atoms with Gasteiger partial charge in [-0.3, -0.25) is 4.79 Å². The summed E-state index contributed by atoms with van der Waals surface area (Å²) in [6.07, 6.45) is 5.10. The Balaban J connectivity index is 1.72. The third-order valence-electron chi connectivity index (χ3n) is 7.42. The minimum atomic E-state index is -5.43. The molecule has 1 amide bonds. The van der Waals surface area contributed by atoms with Gasteiger partial charge in [0.25, 0.3) is 0 Å². The molecule has 51 heavy (non-hydrogen) atoms. The van der Waals surface area contributed by atoms with E-state index in [1.165, 1.54) is 18.2 Å². The van der Waals surface area contributed by atoms with E-state index in [4.69, 9.17) is 9.47 Å². The average Bonchev–Trinajstić information content (AvgIpc) is 3.13. The molecule has 0 radical (unpaired) electrons. The summed E-state index contributed by atoms with van der Waals surface area (Å²) in [6.45, 7) is 2.19. The van der Waals surface area contributed by atoms with Crippen LogP contribution in [0, 0.1) is 29.1 Å². The van der Waals surface area contributed by atoms with Gasteiger partial charge in [-0.1, -0.05) is 84.5 Å². The monoisotopic (exact) mass is 728 g/mol. The fourth-order valence-electron chi connectivity index (χ4n) is 4.72. The van der Waals surface area contributed by atoms with Crippen LogP contribution in [0.25, 0.3) is 0 Å². The number of amides is 1. The van der Waals surface area contributed by atoms with Crippen molar-refractivity contribution in [3.05, 3.63) is 148 Å². The highest BCUT2D eigenvalue weighted by Gasteiger charge is 2.37. The minimum Gasteiger partial charge on any atom is -0.488 e. The van der Waals surface area contributed by atoms with Crippen molar-refractivity contribution in [2.45, 2.75) is 32.0 Å². The fourth-order valence-corrected chi connectivity index (χ4v) is 5.94. The number of carbonyl (C=O) groups excluding carboxylic acids is 2. The van der Waals surface area contributed by atoms with Gasteiger partial charge in [0.05, 0.1) is 6.54 Å². The molecule has 0 aliphatic heterocycles. The molecule has 4 aromatic rings. The number of nitrogens with zero attached hydrogens (tertiary/aromatic N) is 2. The highest BCUT2D eigenvalue weighted by Crippen LogP contribution is 2.31. The molecular weight excluding hydrogens is 695 g/mol. The molecule has 0 unspecified atom stereocenters. The predicted octanol–water partition coefficient (Wildman–Crippen LogP) is 7.49. The maximum atomic E-state index is 14.5. The molecule has 14 heteroatoms. The lowest BCUT2D eigenvalue weighted by Gasteiger charge is -2.27. The van der Waals surface area contributed by atoms with Crippen molar-refractivity contribution in [2.75, 3.05) is 25.0 Å². The van der Waals surface area contributed by atoms with Crippen molar-refractivity contribution in [1.82, 2.24) is 4.31 Å². The molecular formula is C37H33F5N2O6S. The molecule has 0 heterocycles. The second-order valence-corrected chi connectivity index (χ2v) is 13.2. The largest absolute Gasteiger partial charge is 0.488 e. The number of hydrogen-bond acceptors (Lipinski definition) is 6. The van der Waals surface area contributed by atoms with Gasteiger partial charge < -0.3 is 14.4 Å². The van der Waals surface area contributed by atoms with E-state index in [0.717, 1.165) is 23.1 Å². The van der Waals surface area contributed by atoms with E-state index in [0.29, 0.717) is 5.57 Å². The molecule has 0 N–H and O–H groups in total. The number of rotatable bonds is 14. The maximum absolute atomic E-state index is 14.5. The van der Waals surface area contributed by atoms with E-state index in [2.05, 4.69) is 0 Å². The van der Waals surface area contributed by atoms with Crippen molar-refractivity contribution < 1.29 is 49.4 Å². The Morgan fingerprint density at radius 2 is 1.31 bits per heavy atom. The average molecular weight is 729 g/mol. The number of halogens is 5. The Labute approximate surface area is 292 Å². The van der Waals surface area contributed by atoms with Gasteiger partial charge in [-0.2, -0.15) is 4.31 Å². The fraction of sp³-hybridized carbons (Fsp3) is 0.189. The normalized spacial score (nSPS) is 12.0. The molecule has 0 spiro atoms. The van der Waals surface area contributed by atoms with Gasteiger partial charge in [0.2, 0.25) is 21.7 Å². The summed E-state index contributed by atoms with van der Waals surface area (Å²) >= 11 is 0. The molecule has 0 aliphatic rings. The lowest BCUT2D eigenvalue weighted by Crippen LogP contribution is -2.42. The van der Waals surface area contributed by atoms with Crippen LogP contribution in [0.1, 0.15) is 35.3 Å². The third-order valence-corrected chi connectivity index (χ3v) is 9.25. The molecule has 0 atom stereocenters. The molecule has 4 rings (SSSR count). The first-order chi connectivity index (χ1) is 24.3. The molecule has 268 valence electrons. The molecule has 4 aromatic carbocycles. The summed E-state index contributed by atoms with van der Waals surface area (Å²) < 4.78 is 108. The first kappa shape index (κ1) is 38.5. The maximum Gasteiger partial charge on any atom is 0.342 e. The molecule has 0 aromatic heterocycles. The molecule has 0 saturated carbocycles. The van der Waals surface area contributed by atoms with Gasteiger partial charge in [-0.25, -0.2) is 35.2 Å². The second kappa shape index (κ2) is 17.1. The van der Waals surface area contributed by atoms with E-state index in [1.54, 1.807) is 80.6 Å². The summed E-state index contributed by atoms with van der Waals surface area (Å²) in [5.74, 6) is -14.2. The van der Waals surface area contributed by atoms with Gasteiger partial charge in [-0.15, -0.1) is 0 Å². The number of hydrogen-bond donors (Lipinski definition) is 0. The first-order valence-corrected chi connectivity index (χ1v) is 16.8. The Morgan fingerprint density at radius 3 is 1.88 bits per heavy atom. The van der Waals surface area contributed by atoms with Crippen LogP contribution in [0.2, 0.25) is 0 Å². The summed E-state index contributed by atoms with van der Waals surface area (Å²) in [7, 11) is -4.68. The number of ether oxygens (including phenoxy) is 2. The molecule has 0 fully saturated rings. The van der Waals surface area contributed by atoms with E-state index in [1.807, 2.05) is 12.1 Å². The summed E-state index contributed by atoms with van der Waals surface area (Å²) in [5, 5.41) is 0. The molecule has 0 aliphatic carbocycles. The number of allylic oxidation sites excluding steroid dienone is 3. The standard InChI is InChI=1S/C37H33F5N2O6S/c1-4-5-12-24(2)20-44(30(45)21-43(3)51(47,48)36-34(41)32(39)31(38)33(40)35(36)42)27-17-18-28(37(46)50-23-26-15-10-7-11-16-26)29(19-27)49-22-25-13-8-6-9-14-25/h4-19H,20-23H2,1-3H3/b5-4-,24-12+. The summed E-state index contributed by atoms with van der Waals surface area (Å²) in [6, 6.07) is 22.1. The van der Waals surface area contributed by atoms with Crippen LogP contribution >= 0.6 is 0 Å². The van der Waals surface area contributed by atoms with E-state index < -0.39 is 62.4 Å². The van der Waals surface area contributed by atoms with Crippen LogP contribution in [0.15, 0.2) is 108 Å². The van der Waals surface area contributed by atoms with Crippen LogP contribution in [-0.2, 0) is 32.8 Å². The number of esters is 1. The zero-order valence-electron chi connectivity index (χ0n) is 27.7. The molecule has 8 nitrogen and oxygen atoms in total. The SMILES string of the molecule is C/C=C\C=C(/C)CN(C(=O)CN(C)S(=O)(=O)c1c(F)c(F)c(F)c(F)c1F)c1ccc(C(=O)OCc2ccccc2)c(OCc2ccccc2)c1. The third kappa shape index (κ3) is 9.27. The van der Waals surface area contributed by atoms with Gasteiger partial charge in [0, 0.05) is 25.3 Å². The van der Waals surface area contributed by atoms with E-state index in [-0.39, 0.29) is 41.1 Å². The Bertz CT molecular complexity index is 2030. The van der Waals surface area contributed by atoms with Gasteiger partial charge in [-0.05, 0) is 37.1 Å². The minimum absolute atomic E-state index is 0.0142. The number of sulfonamides is 1. The van der Waals surface area contributed by atoms with Crippen molar-refractivity contribution in [1.29, 1.82) is 0 Å². The van der Waals surface area contributed by atoms with Crippen LogP contribution in [-0.4, -0.2) is 44.7 Å². The van der Waals surface area contributed by atoms with Crippen LogP contribution in [0.4, 0.5) is 27.6 Å². The summed E-state index contributed by atoms with van der Waals surface area (Å²) in [5.41, 5.74) is 2.23. The van der Waals surface area contributed by atoms with E-state index >= 15 is 0 Å². The zero-order valence-corrected chi connectivity index (χ0v) is 28.5. The molecule has 0 bridgehead atoms. The van der Waals surface area contributed by atoms with Crippen LogP contribution in [0.3, 0.4) is 0 Å². The highest BCUT2D eigenvalue weighted by atomic mass is 32.2. The van der Waals surface area contributed by atoms with Gasteiger partial charge in [0.15, 0.2) is 28.2 Å². The number of anilines is 1. The van der Waals surface area contributed by atoms with Crippen molar-refractivity contribution in [2.24, 2.45) is 0 Å². The van der Waals surface area contributed by atoms with Gasteiger partial charge in [0.1, 0.15) is 24.5 Å². The summed E-state index contributed by atoms with van der Waals surface area (Å²) in [4.78, 5) is 26.1. The van der Waals surface area contributed by atoms with Crippen molar-refractivity contribution in [3.8, 4) is 5.75 Å². The molecule has 0 saturated heterocycles. The number of likely N-dealkylation sites (N-methyl/N-ethyl adjacent to an activating group) is 1. The Morgan fingerprint density at radius 1 is 0.765 bits per heavy atom. The Kier molecular flexibility index (Phi) is 12.9. The quantitative estimate of drug-likeness (QED) is 0.0439. The smallest absolute Gasteiger partial charge is 0.342 e. The van der Waals surface area contributed by atoms with Crippen LogP contribution < -0.4 is 9.64 Å². The lowest BCUT2D eigenvalue weighted by atomic mass is 10.1. The highest BCUT2D eigenvalue weighted by molar-refractivity contribution is 7.89. The number of carbonyl (C=O) groups is 2. The lowest BCUT2D eigenvalue weighted by molar-refractivity contribution is -0.118. The van der Waals surface area contributed by atoms with Crippen LogP contribution in [0.5, 0.6) is 5.75 Å². The van der Waals surface area contributed by atoms with Crippen molar-refractivity contribution >= 4 is 27.6 Å². The number of benzene rings is 4. The Hall–Kier alpha value is -5.34. The topological polar surface area (TPSA) is 93.2 Å².